The first-order valence-corrected chi connectivity index (χ1v) is 7.12. The Bertz CT molecular complexity index is 776. The molecule has 1 N–H and O–H groups in total. The van der Waals surface area contributed by atoms with Crippen molar-refractivity contribution in [2.75, 3.05) is 6.54 Å². The monoisotopic (exact) mass is 282 g/mol. The van der Waals surface area contributed by atoms with Crippen molar-refractivity contribution in [3.05, 3.63) is 70.8 Å². The van der Waals surface area contributed by atoms with Crippen LogP contribution in [-0.4, -0.2) is 20.7 Å². The van der Waals surface area contributed by atoms with Crippen LogP contribution in [0, 0.1) is 0 Å². The van der Waals surface area contributed by atoms with Crippen molar-refractivity contribution in [1.82, 2.24) is 19.5 Å². The Morgan fingerprint density at radius 2 is 1.90 bits per heavy atom. The molecule has 2 aromatic heterocycles. The Hall–Kier alpha value is -2.40. The van der Waals surface area contributed by atoms with Gasteiger partial charge in [-0.2, -0.15) is 0 Å². The Labute approximate surface area is 122 Å². The van der Waals surface area contributed by atoms with Crippen LogP contribution in [0.4, 0.5) is 0 Å². The van der Waals surface area contributed by atoms with Gasteiger partial charge in [0.05, 0.1) is 12.6 Å². The molecule has 5 nitrogen and oxygen atoms in total. The third-order valence-corrected chi connectivity index (χ3v) is 3.50. The van der Waals surface area contributed by atoms with Crippen LogP contribution < -0.4 is 11.0 Å². The van der Waals surface area contributed by atoms with Crippen molar-refractivity contribution < 1.29 is 0 Å². The van der Waals surface area contributed by atoms with Crippen molar-refractivity contribution in [3.63, 3.8) is 0 Å². The lowest BCUT2D eigenvalue weighted by Gasteiger charge is -2.17. The lowest BCUT2D eigenvalue weighted by Crippen LogP contribution is -2.30. The summed E-state index contributed by atoms with van der Waals surface area (Å²) >= 11 is 0. The summed E-state index contributed by atoms with van der Waals surface area (Å²) in [7, 11) is 0. The van der Waals surface area contributed by atoms with Gasteiger partial charge in [-0.1, -0.05) is 43.3 Å². The zero-order chi connectivity index (χ0) is 14.7. The molecule has 0 aliphatic rings. The molecule has 0 bridgehead atoms. The molecule has 0 saturated heterocycles. The quantitative estimate of drug-likeness (QED) is 0.777. The first-order chi connectivity index (χ1) is 10.3. The lowest BCUT2D eigenvalue weighted by molar-refractivity contribution is 0.439. The zero-order valence-electron chi connectivity index (χ0n) is 11.9. The second-order valence-electron chi connectivity index (χ2n) is 4.91. The van der Waals surface area contributed by atoms with Gasteiger partial charge in [-0.25, -0.2) is 9.48 Å². The minimum atomic E-state index is -0.107. The maximum absolute atomic E-state index is 12.3. The van der Waals surface area contributed by atoms with Crippen LogP contribution in [0.15, 0.2) is 59.5 Å². The second-order valence-corrected chi connectivity index (χ2v) is 4.91. The van der Waals surface area contributed by atoms with Crippen LogP contribution in [0.3, 0.4) is 0 Å². The summed E-state index contributed by atoms with van der Waals surface area (Å²) in [5.41, 5.74) is 1.72. The maximum Gasteiger partial charge on any atom is 0.350 e. The lowest BCUT2D eigenvalue weighted by atomic mass is 10.1. The molecule has 0 radical (unpaired) electrons. The molecular weight excluding hydrogens is 264 g/mol. The largest absolute Gasteiger partial charge is 0.350 e. The highest BCUT2D eigenvalue weighted by Crippen LogP contribution is 2.13. The topological polar surface area (TPSA) is 51.3 Å². The molecule has 0 fully saturated rings. The summed E-state index contributed by atoms with van der Waals surface area (Å²) in [6.45, 7) is 3.41. The number of hydrogen-bond acceptors (Lipinski definition) is 3. The Morgan fingerprint density at radius 1 is 1.14 bits per heavy atom. The average molecular weight is 282 g/mol. The highest BCUT2D eigenvalue weighted by Gasteiger charge is 2.14. The van der Waals surface area contributed by atoms with Crippen molar-refractivity contribution in [1.29, 1.82) is 0 Å². The maximum atomic E-state index is 12.3. The number of rotatable bonds is 5. The van der Waals surface area contributed by atoms with Crippen LogP contribution in [0.25, 0.3) is 5.65 Å². The molecule has 21 heavy (non-hydrogen) atoms. The number of hydrogen-bond donors (Lipinski definition) is 1. The van der Waals surface area contributed by atoms with Crippen LogP contribution >= 0.6 is 0 Å². The van der Waals surface area contributed by atoms with E-state index < -0.39 is 0 Å². The summed E-state index contributed by atoms with van der Waals surface area (Å²) in [5, 5.41) is 7.80. The molecule has 0 aliphatic heterocycles. The molecule has 1 atom stereocenters. The van der Waals surface area contributed by atoms with Crippen molar-refractivity contribution in [3.8, 4) is 0 Å². The van der Waals surface area contributed by atoms with Gasteiger partial charge in [0.2, 0.25) is 0 Å². The van der Waals surface area contributed by atoms with Gasteiger partial charge in [-0.15, -0.1) is 5.10 Å². The SMILES string of the molecule is CCNC(Cn1nc2ccccn2c1=O)c1ccccc1. The number of likely N-dealkylation sites (N-methyl/N-ethyl adjacent to an activating group) is 1. The molecule has 3 rings (SSSR count). The Kier molecular flexibility index (Phi) is 3.83. The van der Waals surface area contributed by atoms with E-state index in [0.29, 0.717) is 12.2 Å². The van der Waals surface area contributed by atoms with Gasteiger partial charge in [-0.05, 0) is 24.2 Å². The van der Waals surface area contributed by atoms with E-state index in [0.717, 1.165) is 12.1 Å². The third kappa shape index (κ3) is 2.73. The molecule has 0 amide bonds. The fourth-order valence-corrected chi connectivity index (χ4v) is 2.48. The van der Waals surface area contributed by atoms with E-state index in [-0.39, 0.29) is 11.7 Å². The van der Waals surface area contributed by atoms with Crippen LogP contribution in [-0.2, 0) is 6.54 Å². The van der Waals surface area contributed by atoms with Gasteiger partial charge in [0, 0.05) is 6.20 Å². The minimum absolute atomic E-state index is 0.0683. The number of benzene rings is 1. The van der Waals surface area contributed by atoms with Crippen LogP contribution in [0.5, 0.6) is 0 Å². The third-order valence-electron chi connectivity index (χ3n) is 3.50. The Morgan fingerprint density at radius 3 is 2.62 bits per heavy atom. The first-order valence-electron chi connectivity index (χ1n) is 7.12. The fraction of sp³-hybridized carbons (Fsp3) is 0.250. The summed E-state index contributed by atoms with van der Waals surface area (Å²) in [5.74, 6) is 0. The van der Waals surface area contributed by atoms with Gasteiger partial charge in [-0.3, -0.25) is 4.40 Å². The molecule has 2 heterocycles. The number of nitrogens with one attached hydrogen (secondary N) is 1. The van der Waals surface area contributed by atoms with E-state index in [2.05, 4.69) is 29.5 Å². The Balaban J connectivity index is 1.95. The molecule has 5 heteroatoms. The minimum Gasteiger partial charge on any atom is -0.309 e. The summed E-state index contributed by atoms with van der Waals surface area (Å²) in [6, 6.07) is 15.7. The van der Waals surface area contributed by atoms with Crippen LogP contribution in [0.2, 0.25) is 0 Å². The van der Waals surface area contributed by atoms with Gasteiger partial charge in [0.15, 0.2) is 5.65 Å². The average Bonchev–Trinajstić information content (AvgIpc) is 2.84. The van der Waals surface area contributed by atoms with E-state index in [1.807, 2.05) is 36.4 Å². The number of fused-ring (bicyclic) bond motifs is 1. The molecule has 0 spiro atoms. The van der Waals surface area contributed by atoms with Gasteiger partial charge in [0.1, 0.15) is 0 Å². The van der Waals surface area contributed by atoms with E-state index >= 15 is 0 Å². The normalized spacial score (nSPS) is 12.6. The zero-order valence-corrected chi connectivity index (χ0v) is 11.9. The molecule has 1 unspecified atom stereocenters. The molecular formula is C16H18N4O. The molecule has 108 valence electrons. The molecule has 0 saturated carbocycles. The van der Waals surface area contributed by atoms with E-state index in [9.17, 15) is 4.79 Å². The fourth-order valence-electron chi connectivity index (χ4n) is 2.48. The van der Waals surface area contributed by atoms with Crippen molar-refractivity contribution >= 4 is 5.65 Å². The standard InChI is InChI=1S/C16H18N4O/c1-2-17-14(13-8-4-3-5-9-13)12-20-16(21)19-11-7-6-10-15(19)18-20/h3-11,14,17H,2,12H2,1H3. The number of nitrogens with zero attached hydrogens (tertiary/aromatic N) is 3. The van der Waals surface area contributed by atoms with E-state index in [1.54, 1.807) is 10.6 Å². The summed E-state index contributed by atoms with van der Waals surface area (Å²) < 4.78 is 3.09. The van der Waals surface area contributed by atoms with E-state index in [4.69, 9.17) is 0 Å². The summed E-state index contributed by atoms with van der Waals surface area (Å²) in [6.07, 6.45) is 1.74. The molecule has 3 aromatic rings. The van der Waals surface area contributed by atoms with Gasteiger partial charge < -0.3 is 5.32 Å². The first kappa shape index (κ1) is 13.6. The smallest absolute Gasteiger partial charge is 0.309 e. The van der Waals surface area contributed by atoms with Gasteiger partial charge >= 0.3 is 5.69 Å². The highest BCUT2D eigenvalue weighted by molar-refractivity contribution is 5.35. The van der Waals surface area contributed by atoms with Crippen molar-refractivity contribution in [2.24, 2.45) is 0 Å². The van der Waals surface area contributed by atoms with Crippen molar-refractivity contribution in [2.45, 2.75) is 19.5 Å². The predicted octanol–water partition coefficient (Wildman–Crippen LogP) is 1.85. The second kappa shape index (κ2) is 5.93. The molecule has 0 aliphatic carbocycles. The molecule has 1 aromatic carbocycles. The summed E-state index contributed by atoms with van der Waals surface area (Å²) in [4.78, 5) is 12.3. The highest BCUT2D eigenvalue weighted by atomic mass is 16.2. The number of pyridine rings is 1. The van der Waals surface area contributed by atoms with E-state index in [1.165, 1.54) is 4.68 Å². The van der Waals surface area contributed by atoms with Gasteiger partial charge in [0.25, 0.3) is 0 Å². The number of aromatic nitrogens is 3. The predicted molar refractivity (Wildman–Crippen MR) is 82.3 cm³/mol. The van der Waals surface area contributed by atoms with Crippen LogP contribution in [0.1, 0.15) is 18.5 Å².